The second kappa shape index (κ2) is 5.18. The third-order valence-corrected chi connectivity index (χ3v) is 3.11. The minimum absolute atomic E-state index is 0.0865. The number of rotatable bonds is 5. The van der Waals surface area contributed by atoms with E-state index in [1.165, 1.54) is 0 Å². The molecule has 0 radical (unpaired) electrons. The lowest BCUT2D eigenvalue weighted by Crippen LogP contribution is -2.13. The Labute approximate surface area is 104 Å². The van der Waals surface area contributed by atoms with E-state index >= 15 is 0 Å². The number of fused-ring (bicyclic) bond motifs is 1. The zero-order valence-corrected chi connectivity index (χ0v) is 10.3. The predicted molar refractivity (Wildman–Crippen MR) is 68.0 cm³/mol. The fraction of sp³-hybridized carbons (Fsp3) is 0.545. The lowest BCUT2D eigenvalue weighted by Gasteiger charge is -2.11. The van der Waals surface area contributed by atoms with E-state index in [9.17, 15) is 4.79 Å². The number of nitrogens with one attached hydrogen (secondary N) is 1. The van der Waals surface area contributed by atoms with E-state index in [2.05, 4.69) is 15.0 Å². The average Bonchev–Trinajstić information content (AvgIpc) is 2.74. The van der Waals surface area contributed by atoms with Gasteiger partial charge in [-0.1, -0.05) is 13.3 Å². The van der Waals surface area contributed by atoms with Gasteiger partial charge in [0.15, 0.2) is 11.2 Å². The maximum Gasteiger partial charge on any atom is 0.280 e. The fourth-order valence-electron chi connectivity index (χ4n) is 1.88. The van der Waals surface area contributed by atoms with E-state index in [-0.39, 0.29) is 24.0 Å². The molecule has 0 aliphatic carbocycles. The molecule has 7 heteroatoms. The monoisotopic (exact) mass is 251 g/mol. The highest BCUT2D eigenvalue weighted by atomic mass is 16.3. The molecule has 0 aliphatic heterocycles. The van der Waals surface area contributed by atoms with E-state index in [1.807, 2.05) is 6.92 Å². The van der Waals surface area contributed by atoms with Gasteiger partial charge in [0, 0.05) is 13.2 Å². The summed E-state index contributed by atoms with van der Waals surface area (Å²) in [5.74, 6) is 0.338. The van der Waals surface area contributed by atoms with Crippen LogP contribution in [-0.4, -0.2) is 31.2 Å². The van der Waals surface area contributed by atoms with Gasteiger partial charge in [0.1, 0.15) is 0 Å². The van der Waals surface area contributed by atoms with Crippen LogP contribution in [0.1, 0.15) is 19.8 Å². The Balaban J connectivity index is 2.27. The molecule has 0 saturated carbocycles. The fourth-order valence-corrected chi connectivity index (χ4v) is 1.88. The van der Waals surface area contributed by atoms with Crippen molar-refractivity contribution < 1.29 is 5.11 Å². The van der Waals surface area contributed by atoms with Crippen LogP contribution >= 0.6 is 0 Å². The highest BCUT2D eigenvalue weighted by Crippen LogP contribution is 2.12. The molecular formula is C11H17N5O2. The van der Waals surface area contributed by atoms with Crippen molar-refractivity contribution in [2.75, 3.05) is 12.3 Å². The number of nitrogens with two attached hydrogens (primary N) is 1. The number of aryl methyl sites for hydroxylation is 1. The molecule has 18 heavy (non-hydrogen) atoms. The SMILES string of the molecule is CC[C@@H](CO)CCn1cnc2c(=O)[nH]c(N)nc21. The number of hydrogen-bond acceptors (Lipinski definition) is 5. The molecule has 0 unspecified atom stereocenters. The zero-order valence-electron chi connectivity index (χ0n) is 10.3. The van der Waals surface area contributed by atoms with E-state index in [0.717, 1.165) is 12.8 Å². The van der Waals surface area contributed by atoms with E-state index in [4.69, 9.17) is 10.8 Å². The molecule has 0 saturated heterocycles. The van der Waals surface area contributed by atoms with E-state index in [1.54, 1.807) is 10.9 Å². The molecule has 98 valence electrons. The number of hydrogen-bond donors (Lipinski definition) is 3. The Morgan fingerprint density at radius 3 is 3.06 bits per heavy atom. The van der Waals surface area contributed by atoms with Crippen LogP contribution in [0.3, 0.4) is 0 Å². The van der Waals surface area contributed by atoms with Gasteiger partial charge in [-0.05, 0) is 12.3 Å². The van der Waals surface area contributed by atoms with Crippen molar-refractivity contribution in [3.05, 3.63) is 16.7 Å². The summed E-state index contributed by atoms with van der Waals surface area (Å²) >= 11 is 0. The molecule has 4 N–H and O–H groups in total. The molecule has 1 atom stereocenters. The number of anilines is 1. The van der Waals surface area contributed by atoms with Gasteiger partial charge in [0.05, 0.1) is 6.33 Å². The predicted octanol–water partition coefficient (Wildman–Crippen LogP) is 0.110. The van der Waals surface area contributed by atoms with Crippen molar-refractivity contribution in [3.8, 4) is 0 Å². The summed E-state index contributed by atoms with van der Waals surface area (Å²) in [6.07, 6.45) is 3.31. The van der Waals surface area contributed by atoms with Gasteiger partial charge in [-0.25, -0.2) is 4.98 Å². The number of nitrogen functional groups attached to an aromatic ring is 1. The van der Waals surface area contributed by atoms with Crippen LogP contribution in [0, 0.1) is 5.92 Å². The van der Waals surface area contributed by atoms with Crippen molar-refractivity contribution in [1.82, 2.24) is 19.5 Å². The maximum absolute atomic E-state index is 11.6. The zero-order chi connectivity index (χ0) is 13.1. The third-order valence-electron chi connectivity index (χ3n) is 3.11. The Bertz CT molecular complexity index is 585. The number of imidazole rings is 1. The van der Waals surface area contributed by atoms with Crippen LogP contribution in [0.5, 0.6) is 0 Å². The Morgan fingerprint density at radius 2 is 2.39 bits per heavy atom. The topological polar surface area (TPSA) is 110 Å². The van der Waals surface area contributed by atoms with Gasteiger partial charge >= 0.3 is 0 Å². The molecule has 0 spiro atoms. The molecule has 0 aliphatic rings. The minimum Gasteiger partial charge on any atom is -0.396 e. The molecule has 0 bridgehead atoms. The first kappa shape index (κ1) is 12.6. The summed E-state index contributed by atoms with van der Waals surface area (Å²) in [7, 11) is 0. The second-order valence-corrected chi connectivity index (χ2v) is 4.31. The Morgan fingerprint density at radius 1 is 1.61 bits per heavy atom. The summed E-state index contributed by atoms with van der Waals surface area (Å²) < 4.78 is 1.79. The van der Waals surface area contributed by atoms with Crippen molar-refractivity contribution in [2.24, 2.45) is 5.92 Å². The van der Waals surface area contributed by atoms with Crippen molar-refractivity contribution in [2.45, 2.75) is 26.3 Å². The third kappa shape index (κ3) is 2.35. The number of nitrogens with zero attached hydrogens (tertiary/aromatic N) is 3. The molecule has 0 amide bonds. The van der Waals surface area contributed by atoms with Crippen molar-refractivity contribution in [3.63, 3.8) is 0 Å². The molecule has 7 nitrogen and oxygen atoms in total. The maximum atomic E-state index is 11.6. The van der Waals surface area contributed by atoms with Crippen LogP contribution < -0.4 is 11.3 Å². The highest BCUT2D eigenvalue weighted by molar-refractivity contribution is 5.70. The first-order valence-corrected chi connectivity index (χ1v) is 5.97. The van der Waals surface area contributed by atoms with Crippen LogP contribution in [0.25, 0.3) is 11.2 Å². The first-order valence-electron chi connectivity index (χ1n) is 5.97. The minimum atomic E-state index is -0.328. The highest BCUT2D eigenvalue weighted by Gasteiger charge is 2.11. The second-order valence-electron chi connectivity index (χ2n) is 4.31. The molecule has 2 aromatic rings. The van der Waals surface area contributed by atoms with E-state index < -0.39 is 0 Å². The van der Waals surface area contributed by atoms with E-state index in [0.29, 0.717) is 17.7 Å². The summed E-state index contributed by atoms with van der Waals surface area (Å²) in [6.45, 7) is 2.86. The van der Waals surface area contributed by atoms with Crippen LogP contribution in [0.2, 0.25) is 0 Å². The summed E-state index contributed by atoms with van der Waals surface area (Å²) in [5.41, 5.74) is 5.97. The largest absolute Gasteiger partial charge is 0.396 e. The van der Waals surface area contributed by atoms with Gasteiger partial charge < -0.3 is 15.4 Å². The van der Waals surface area contributed by atoms with Crippen molar-refractivity contribution in [1.29, 1.82) is 0 Å². The first-order chi connectivity index (χ1) is 8.65. The van der Waals surface area contributed by atoms with Crippen molar-refractivity contribution >= 4 is 17.1 Å². The van der Waals surface area contributed by atoms with Crippen LogP contribution in [0.4, 0.5) is 5.95 Å². The Kier molecular flexibility index (Phi) is 3.61. The van der Waals surface area contributed by atoms with Crippen LogP contribution in [-0.2, 0) is 6.54 Å². The lowest BCUT2D eigenvalue weighted by molar-refractivity contribution is 0.210. The number of aliphatic hydroxyl groups excluding tert-OH is 1. The van der Waals surface area contributed by atoms with Gasteiger partial charge in [-0.2, -0.15) is 4.98 Å². The number of aliphatic hydroxyl groups is 1. The number of H-pyrrole nitrogens is 1. The number of aromatic amines is 1. The normalized spacial score (nSPS) is 13.0. The molecule has 0 aromatic carbocycles. The lowest BCUT2D eigenvalue weighted by atomic mass is 10.0. The Hall–Kier alpha value is -1.89. The van der Waals surface area contributed by atoms with Gasteiger partial charge in [0.25, 0.3) is 5.56 Å². The quantitative estimate of drug-likeness (QED) is 0.698. The smallest absolute Gasteiger partial charge is 0.280 e. The van der Waals surface area contributed by atoms with Gasteiger partial charge in [-0.3, -0.25) is 9.78 Å². The summed E-state index contributed by atoms with van der Waals surface area (Å²) in [5, 5.41) is 9.14. The average molecular weight is 251 g/mol. The molecular weight excluding hydrogens is 234 g/mol. The van der Waals surface area contributed by atoms with Gasteiger partial charge in [0.2, 0.25) is 5.95 Å². The van der Waals surface area contributed by atoms with Crippen LogP contribution in [0.15, 0.2) is 11.1 Å². The standard InChI is InChI=1S/C11H17N5O2/c1-2-7(5-17)3-4-16-6-13-8-9(16)14-11(12)15-10(8)18/h6-7,17H,2-5H2,1H3,(H3,12,14,15,18)/t7-/m1/s1. The van der Waals surface area contributed by atoms with Gasteiger partial charge in [-0.15, -0.1) is 0 Å². The summed E-state index contributed by atoms with van der Waals surface area (Å²) in [4.78, 5) is 22.1. The molecule has 2 rings (SSSR count). The number of aromatic nitrogens is 4. The molecule has 2 aromatic heterocycles. The molecule has 0 fully saturated rings. The summed E-state index contributed by atoms with van der Waals surface area (Å²) in [6, 6.07) is 0. The molecule has 2 heterocycles.